The number of hydrogen-bond acceptors (Lipinski definition) is 3. The summed E-state index contributed by atoms with van der Waals surface area (Å²) in [6, 6.07) is 6.24. The van der Waals surface area contributed by atoms with Gasteiger partial charge >= 0.3 is 6.09 Å². The van der Waals surface area contributed by atoms with E-state index in [1.54, 1.807) is 4.90 Å². The number of carbonyl (C=O) groups is 1. The second kappa shape index (κ2) is 5.26. The average molecular weight is 366 g/mol. The van der Waals surface area contributed by atoms with Gasteiger partial charge in [0.15, 0.2) is 0 Å². The standard InChI is InChI=1S/C16H20BrN3O2/c1-10-8-19(15(21)22-16(2,3)4)9-12-7-11-5-6-13(17)18-14(11)20(10)12/h5-7,10H,8-9H2,1-4H3/t10-/m1/s1. The van der Waals surface area contributed by atoms with Crippen molar-refractivity contribution < 1.29 is 9.53 Å². The van der Waals surface area contributed by atoms with Crippen molar-refractivity contribution in [3.8, 4) is 0 Å². The average Bonchev–Trinajstić information content (AvgIpc) is 2.74. The van der Waals surface area contributed by atoms with Gasteiger partial charge in [-0.05, 0) is 61.8 Å². The van der Waals surface area contributed by atoms with Crippen LogP contribution in [0.15, 0.2) is 22.8 Å². The Bertz CT molecular complexity index is 733. The smallest absolute Gasteiger partial charge is 0.410 e. The van der Waals surface area contributed by atoms with Crippen molar-refractivity contribution in [3.05, 3.63) is 28.5 Å². The van der Waals surface area contributed by atoms with Gasteiger partial charge in [0.1, 0.15) is 15.9 Å². The predicted molar refractivity (Wildman–Crippen MR) is 88.8 cm³/mol. The monoisotopic (exact) mass is 365 g/mol. The molecule has 2 aromatic heterocycles. The van der Waals surface area contributed by atoms with Crippen LogP contribution in [0.4, 0.5) is 4.79 Å². The van der Waals surface area contributed by atoms with E-state index >= 15 is 0 Å². The van der Waals surface area contributed by atoms with Gasteiger partial charge in [0, 0.05) is 17.6 Å². The lowest BCUT2D eigenvalue weighted by atomic mass is 10.2. The van der Waals surface area contributed by atoms with Crippen molar-refractivity contribution in [2.75, 3.05) is 6.54 Å². The third kappa shape index (κ3) is 2.84. The Labute approximate surface area is 138 Å². The third-order valence-electron chi connectivity index (χ3n) is 3.66. The van der Waals surface area contributed by atoms with Crippen LogP contribution in [0.25, 0.3) is 11.0 Å². The largest absolute Gasteiger partial charge is 0.444 e. The van der Waals surface area contributed by atoms with Crippen molar-refractivity contribution in [1.82, 2.24) is 14.5 Å². The van der Waals surface area contributed by atoms with Gasteiger partial charge in [-0.2, -0.15) is 0 Å². The van der Waals surface area contributed by atoms with Crippen LogP contribution in [0.3, 0.4) is 0 Å². The lowest BCUT2D eigenvalue weighted by Crippen LogP contribution is -2.42. The molecule has 0 unspecified atom stereocenters. The first-order chi connectivity index (χ1) is 10.2. The molecule has 0 saturated carbocycles. The summed E-state index contributed by atoms with van der Waals surface area (Å²) in [5.41, 5.74) is 1.57. The minimum absolute atomic E-state index is 0.163. The molecular weight excluding hydrogens is 346 g/mol. The molecule has 0 aromatic carbocycles. The van der Waals surface area contributed by atoms with E-state index in [0.717, 1.165) is 21.3 Å². The van der Waals surface area contributed by atoms with E-state index in [9.17, 15) is 4.79 Å². The van der Waals surface area contributed by atoms with Crippen molar-refractivity contribution in [2.45, 2.75) is 45.9 Å². The summed E-state index contributed by atoms with van der Waals surface area (Å²) in [6.45, 7) is 8.93. The number of hydrogen-bond donors (Lipinski definition) is 0. The number of ether oxygens (including phenoxy) is 1. The molecule has 3 heterocycles. The molecule has 0 bridgehead atoms. The van der Waals surface area contributed by atoms with Crippen LogP contribution >= 0.6 is 15.9 Å². The quantitative estimate of drug-likeness (QED) is 0.660. The van der Waals surface area contributed by atoms with E-state index in [1.807, 2.05) is 32.9 Å². The second-order valence-corrected chi connectivity index (χ2v) is 7.57. The summed E-state index contributed by atoms with van der Waals surface area (Å²) < 4.78 is 8.52. The highest BCUT2D eigenvalue weighted by atomic mass is 79.9. The second-order valence-electron chi connectivity index (χ2n) is 6.76. The summed E-state index contributed by atoms with van der Waals surface area (Å²) in [6.07, 6.45) is -0.259. The number of nitrogens with zero attached hydrogens (tertiary/aromatic N) is 3. The van der Waals surface area contributed by atoms with Crippen LogP contribution in [-0.2, 0) is 11.3 Å². The first-order valence-electron chi connectivity index (χ1n) is 7.39. The van der Waals surface area contributed by atoms with E-state index in [2.05, 4.69) is 38.5 Å². The van der Waals surface area contributed by atoms with Crippen LogP contribution in [0.5, 0.6) is 0 Å². The number of carbonyl (C=O) groups excluding carboxylic acids is 1. The molecule has 1 amide bonds. The van der Waals surface area contributed by atoms with Gasteiger partial charge < -0.3 is 14.2 Å². The Morgan fingerprint density at radius 3 is 2.82 bits per heavy atom. The van der Waals surface area contributed by atoms with E-state index < -0.39 is 5.60 Å². The third-order valence-corrected chi connectivity index (χ3v) is 4.10. The van der Waals surface area contributed by atoms with Crippen LogP contribution in [0.2, 0.25) is 0 Å². The molecule has 6 heteroatoms. The maximum Gasteiger partial charge on any atom is 0.410 e. The molecule has 1 aliphatic rings. The van der Waals surface area contributed by atoms with Gasteiger partial charge in [0.2, 0.25) is 0 Å². The van der Waals surface area contributed by atoms with Gasteiger partial charge in [-0.3, -0.25) is 0 Å². The van der Waals surface area contributed by atoms with Crippen LogP contribution in [0, 0.1) is 0 Å². The minimum Gasteiger partial charge on any atom is -0.444 e. The molecule has 0 fully saturated rings. The highest BCUT2D eigenvalue weighted by Crippen LogP contribution is 2.30. The first kappa shape index (κ1) is 15.3. The fourth-order valence-electron chi connectivity index (χ4n) is 2.87. The topological polar surface area (TPSA) is 47.4 Å². The highest BCUT2D eigenvalue weighted by molar-refractivity contribution is 9.10. The molecule has 0 saturated heterocycles. The van der Waals surface area contributed by atoms with Gasteiger partial charge in [-0.15, -0.1) is 0 Å². The number of aromatic nitrogens is 2. The molecule has 0 aliphatic carbocycles. The number of rotatable bonds is 0. The van der Waals surface area contributed by atoms with E-state index in [-0.39, 0.29) is 12.1 Å². The Hall–Kier alpha value is -1.56. The predicted octanol–water partition coefficient (Wildman–Crippen LogP) is 4.11. The Kier molecular flexibility index (Phi) is 3.67. The van der Waals surface area contributed by atoms with Crippen LogP contribution in [0.1, 0.15) is 39.4 Å². The molecule has 5 nitrogen and oxygen atoms in total. The highest BCUT2D eigenvalue weighted by Gasteiger charge is 2.30. The molecule has 1 aliphatic heterocycles. The molecule has 22 heavy (non-hydrogen) atoms. The van der Waals surface area contributed by atoms with Gasteiger partial charge in [0.05, 0.1) is 12.6 Å². The minimum atomic E-state index is -0.475. The van der Waals surface area contributed by atoms with Crippen molar-refractivity contribution in [2.24, 2.45) is 0 Å². The van der Waals surface area contributed by atoms with Crippen molar-refractivity contribution >= 4 is 33.1 Å². The van der Waals surface area contributed by atoms with E-state index in [1.165, 1.54) is 0 Å². The van der Waals surface area contributed by atoms with E-state index in [0.29, 0.717) is 13.1 Å². The van der Waals surface area contributed by atoms with Gasteiger partial charge in [-0.25, -0.2) is 9.78 Å². The van der Waals surface area contributed by atoms with Gasteiger partial charge in [0.25, 0.3) is 0 Å². The van der Waals surface area contributed by atoms with Crippen molar-refractivity contribution in [1.29, 1.82) is 0 Å². The molecule has 0 N–H and O–H groups in total. The number of pyridine rings is 1. The Balaban J connectivity index is 1.93. The maximum absolute atomic E-state index is 12.3. The van der Waals surface area contributed by atoms with E-state index in [4.69, 9.17) is 4.74 Å². The lowest BCUT2D eigenvalue weighted by molar-refractivity contribution is 0.0175. The maximum atomic E-state index is 12.3. The Morgan fingerprint density at radius 1 is 1.41 bits per heavy atom. The van der Waals surface area contributed by atoms with Crippen LogP contribution in [-0.4, -0.2) is 32.7 Å². The zero-order valence-electron chi connectivity index (χ0n) is 13.3. The normalized spacial score (nSPS) is 18.4. The molecule has 0 radical (unpaired) electrons. The van der Waals surface area contributed by atoms with Gasteiger partial charge in [-0.1, -0.05) is 0 Å². The lowest BCUT2D eigenvalue weighted by Gasteiger charge is -2.34. The summed E-state index contributed by atoms with van der Waals surface area (Å²) in [5, 5.41) is 1.09. The van der Waals surface area contributed by atoms with Crippen LogP contribution < -0.4 is 0 Å². The summed E-state index contributed by atoms with van der Waals surface area (Å²) in [4.78, 5) is 18.6. The molecule has 118 valence electrons. The zero-order chi connectivity index (χ0) is 16.1. The number of fused-ring (bicyclic) bond motifs is 3. The number of halogens is 1. The summed E-state index contributed by atoms with van der Waals surface area (Å²) in [7, 11) is 0. The summed E-state index contributed by atoms with van der Waals surface area (Å²) >= 11 is 3.42. The first-order valence-corrected chi connectivity index (χ1v) is 8.18. The molecule has 3 rings (SSSR count). The molecule has 1 atom stereocenters. The Morgan fingerprint density at radius 2 is 2.14 bits per heavy atom. The fourth-order valence-corrected chi connectivity index (χ4v) is 3.17. The molecular formula is C16H20BrN3O2. The van der Waals surface area contributed by atoms with Crippen molar-refractivity contribution in [3.63, 3.8) is 0 Å². The zero-order valence-corrected chi connectivity index (χ0v) is 14.8. The number of amides is 1. The summed E-state index contributed by atoms with van der Waals surface area (Å²) in [5.74, 6) is 0. The molecule has 0 spiro atoms. The fraction of sp³-hybridized carbons (Fsp3) is 0.500. The SMILES string of the molecule is C[C@@H]1CN(C(=O)OC(C)(C)C)Cc2cc3ccc(Br)nc3n21. The molecule has 2 aromatic rings.